The molecule has 1 aromatic carbocycles. The Morgan fingerprint density at radius 3 is 3.00 bits per heavy atom. The van der Waals surface area contributed by atoms with Crippen LogP contribution in [0.25, 0.3) is 0 Å². The first-order chi connectivity index (χ1) is 8.76. The van der Waals surface area contributed by atoms with Crippen LogP contribution in [0.2, 0.25) is 0 Å². The summed E-state index contributed by atoms with van der Waals surface area (Å²) in [5, 5.41) is 3.38. The summed E-state index contributed by atoms with van der Waals surface area (Å²) < 4.78 is 11.1. The lowest BCUT2D eigenvalue weighted by Gasteiger charge is -2.27. The third-order valence-electron chi connectivity index (χ3n) is 3.69. The second-order valence-electron chi connectivity index (χ2n) is 4.91. The van der Waals surface area contributed by atoms with Gasteiger partial charge in [-0.15, -0.1) is 0 Å². The van der Waals surface area contributed by atoms with E-state index in [4.69, 9.17) is 9.47 Å². The Kier molecular flexibility index (Phi) is 4.61. The molecule has 0 radical (unpaired) electrons. The van der Waals surface area contributed by atoms with E-state index in [2.05, 4.69) is 23.5 Å². The fraction of sp³-hybridized carbons (Fsp3) is 0.600. The fourth-order valence-corrected chi connectivity index (χ4v) is 2.53. The molecule has 18 heavy (non-hydrogen) atoms. The molecule has 0 saturated carbocycles. The van der Waals surface area contributed by atoms with Gasteiger partial charge >= 0.3 is 0 Å². The maximum atomic E-state index is 5.90. The van der Waals surface area contributed by atoms with Crippen LogP contribution in [0.4, 0.5) is 0 Å². The van der Waals surface area contributed by atoms with Gasteiger partial charge in [0.1, 0.15) is 12.4 Å². The molecule has 0 heterocycles. The minimum atomic E-state index is 0.129. The van der Waals surface area contributed by atoms with Crippen LogP contribution in [0.3, 0.4) is 0 Å². The van der Waals surface area contributed by atoms with Crippen LogP contribution in [0.15, 0.2) is 18.2 Å². The quantitative estimate of drug-likeness (QED) is 0.870. The summed E-state index contributed by atoms with van der Waals surface area (Å²) in [6.07, 6.45) is 3.68. The predicted octanol–water partition coefficient (Wildman–Crippen LogP) is 2.70. The lowest BCUT2D eigenvalue weighted by molar-refractivity contribution is 0.0712. The molecule has 1 aromatic rings. The Balaban J connectivity index is 2.16. The number of hydrogen-bond acceptors (Lipinski definition) is 3. The first-order valence-electron chi connectivity index (χ1n) is 6.71. The lowest BCUT2D eigenvalue weighted by Crippen LogP contribution is -2.23. The highest BCUT2D eigenvalue weighted by molar-refractivity contribution is 5.43. The molecular formula is C15H23NO2. The second kappa shape index (κ2) is 6.21. The number of fused-ring (bicyclic) bond motifs is 1. The number of methoxy groups -OCH3 is 1. The Hall–Kier alpha value is -1.06. The van der Waals surface area contributed by atoms with Crippen molar-refractivity contribution in [1.29, 1.82) is 0 Å². The van der Waals surface area contributed by atoms with E-state index in [1.165, 1.54) is 24.0 Å². The molecule has 3 heteroatoms. The van der Waals surface area contributed by atoms with E-state index in [9.17, 15) is 0 Å². The Bertz CT molecular complexity index is 392. The molecule has 1 aliphatic rings. The number of ether oxygens (including phenoxy) is 2. The average molecular weight is 249 g/mol. The molecule has 0 spiro atoms. The zero-order valence-electron chi connectivity index (χ0n) is 11.5. The number of rotatable bonds is 5. The first-order valence-corrected chi connectivity index (χ1v) is 6.71. The Morgan fingerprint density at radius 1 is 1.44 bits per heavy atom. The first kappa shape index (κ1) is 13.4. The van der Waals surface area contributed by atoms with Gasteiger partial charge in [0.25, 0.3) is 0 Å². The molecule has 2 unspecified atom stereocenters. The van der Waals surface area contributed by atoms with E-state index >= 15 is 0 Å². The third-order valence-corrected chi connectivity index (χ3v) is 3.69. The largest absolute Gasteiger partial charge is 0.491 e. The predicted molar refractivity (Wildman–Crippen MR) is 73.1 cm³/mol. The van der Waals surface area contributed by atoms with E-state index in [-0.39, 0.29) is 6.10 Å². The van der Waals surface area contributed by atoms with E-state index in [1.54, 1.807) is 7.11 Å². The zero-order valence-corrected chi connectivity index (χ0v) is 11.5. The van der Waals surface area contributed by atoms with E-state index < -0.39 is 0 Å². The zero-order chi connectivity index (χ0) is 13.0. The van der Waals surface area contributed by atoms with Gasteiger partial charge < -0.3 is 14.8 Å². The molecule has 0 aromatic heterocycles. The smallest absolute Gasteiger partial charge is 0.122 e. The van der Waals surface area contributed by atoms with E-state index in [0.717, 1.165) is 12.2 Å². The molecule has 2 atom stereocenters. The number of nitrogens with one attached hydrogen (secondary N) is 1. The van der Waals surface area contributed by atoms with Crippen LogP contribution in [0, 0.1) is 0 Å². The molecule has 0 bridgehead atoms. The van der Waals surface area contributed by atoms with Crippen LogP contribution in [0.1, 0.15) is 36.9 Å². The highest BCUT2D eigenvalue weighted by atomic mass is 16.5. The molecule has 0 saturated heterocycles. The lowest BCUT2D eigenvalue weighted by atomic mass is 9.87. The summed E-state index contributed by atoms with van der Waals surface area (Å²) in [4.78, 5) is 0. The van der Waals surface area contributed by atoms with Gasteiger partial charge in [0.15, 0.2) is 0 Å². The summed E-state index contributed by atoms with van der Waals surface area (Å²) in [6.45, 7) is 2.63. The van der Waals surface area contributed by atoms with Crippen molar-refractivity contribution in [3.05, 3.63) is 29.3 Å². The molecule has 1 aliphatic carbocycles. The minimum absolute atomic E-state index is 0.129. The average Bonchev–Trinajstić information content (AvgIpc) is 2.43. The van der Waals surface area contributed by atoms with Gasteiger partial charge in [-0.3, -0.25) is 0 Å². The molecule has 3 nitrogen and oxygen atoms in total. The molecule has 1 N–H and O–H groups in total. The van der Waals surface area contributed by atoms with Crippen LogP contribution in [-0.2, 0) is 11.2 Å². The standard InChI is InChI=1S/C15H23NO2/c1-11(17-3)10-18-15-9-5-6-12-13(15)7-4-8-14(12)16-2/h5-6,9,11,14,16H,4,7-8,10H2,1-3H3. The molecule has 0 amide bonds. The number of benzene rings is 1. The van der Waals surface area contributed by atoms with E-state index in [0.29, 0.717) is 12.6 Å². The highest BCUT2D eigenvalue weighted by Gasteiger charge is 2.21. The third kappa shape index (κ3) is 2.85. The topological polar surface area (TPSA) is 30.5 Å². The van der Waals surface area contributed by atoms with Crippen molar-refractivity contribution in [3.63, 3.8) is 0 Å². The monoisotopic (exact) mass is 249 g/mol. The SMILES string of the molecule is CNC1CCCc2c(OCC(C)OC)cccc21. The maximum absolute atomic E-state index is 5.90. The summed E-state index contributed by atoms with van der Waals surface area (Å²) >= 11 is 0. The van der Waals surface area contributed by atoms with Gasteiger partial charge in [-0.1, -0.05) is 12.1 Å². The van der Waals surface area contributed by atoms with E-state index in [1.807, 2.05) is 14.0 Å². The van der Waals surface area contributed by atoms with Crippen molar-refractivity contribution in [2.45, 2.75) is 38.3 Å². The van der Waals surface area contributed by atoms with Crippen molar-refractivity contribution in [3.8, 4) is 5.75 Å². The maximum Gasteiger partial charge on any atom is 0.122 e. The highest BCUT2D eigenvalue weighted by Crippen LogP contribution is 2.35. The summed E-state index contributed by atoms with van der Waals surface area (Å²) in [6, 6.07) is 6.83. The van der Waals surface area contributed by atoms with Crippen molar-refractivity contribution in [1.82, 2.24) is 5.32 Å². The molecular weight excluding hydrogens is 226 g/mol. The molecule has 0 fully saturated rings. The summed E-state index contributed by atoms with van der Waals surface area (Å²) in [5.41, 5.74) is 2.76. The van der Waals surface area contributed by atoms with Crippen molar-refractivity contribution >= 4 is 0 Å². The molecule has 0 aliphatic heterocycles. The Labute approximate surface area is 109 Å². The van der Waals surface area contributed by atoms with Crippen molar-refractivity contribution in [2.24, 2.45) is 0 Å². The van der Waals surface area contributed by atoms with Gasteiger partial charge in [-0.25, -0.2) is 0 Å². The molecule has 100 valence electrons. The van der Waals surface area contributed by atoms with Crippen molar-refractivity contribution in [2.75, 3.05) is 20.8 Å². The minimum Gasteiger partial charge on any atom is -0.491 e. The Morgan fingerprint density at radius 2 is 2.28 bits per heavy atom. The van der Waals surface area contributed by atoms with Gasteiger partial charge in [-0.2, -0.15) is 0 Å². The van der Waals surface area contributed by atoms with Crippen LogP contribution < -0.4 is 10.1 Å². The van der Waals surface area contributed by atoms with Crippen LogP contribution in [-0.4, -0.2) is 26.9 Å². The fourth-order valence-electron chi connectivity index (χ4n) is 2.53. The number of hydrogen-bond donors (Lipinski definition) is 1. The van der Waals surface area contributed by atoms with Crippen LogP contribution >= 0.6 is 0 Å². The summed E-state index contributed by atoms with van der Waals surface area (Å²) in [7, 11) is 3.74. The second-order valence-corrected chi connectivity index (χ2v) is 4.91. The normalized spacial score (nSPS) is 20.3. The summed E-state index contributed by atoms with van der Waals surface area (Å²) in [5.74, 6) is 1.02. The molecule has 2 rings (SSSR count). The van der Waals surface area contributed by atoms with Crippen molar-refractivity contribution < 1.29 is 9.47 Å². The van der Waals surface area contributed by atoms with Gasteiger partial charge in [0, 0.05) is 13.2 Å². The van der Waals surface area contributed by atoms with Gasteiger partial charge in [-0.05, 0) is 50.4 Å². The van der Waals surface area contributed by atoms with Gasteiger partial charge in [0.05, 0.1) is 6.10 Å². The van der Waals surface area contributed by atoms with Crippen LogP contribution in [0.5, 0.6) is 5.75 Å². The van der Waals surface area contributed by atoms with Gasteiger partial charge in [0.2, 0.25) is 0 Å².